The van der Waals surface area contributed by atoms with Crippen molar-refractivity contribution in [2.45, 2.75) is 38.8 Å². The molecule has 6 nitrogen and oxygen atoms in total. The smallest absolute Gasteiger partial charge is 0.408 e. The van der Waals surface area contributed by atoms with Crippen molar-refractivity contribution in [3.05, 3.63) is 78.4 Å². The molecule has 31 heavy (non-hydrogen) atoms. The van der Waals surface area contributed by atoms with Gasteiger partial charge >= 0.3 is 6.09 Å². The van der Waals surface area contributed by atoms with Crippen LogP contribution in [0.5, 0.6) is 0 Å². The number of rotatable bonds is 5. The Morgan fingerprint density at radius 2 is 1.84 bits per heavy atom. The largest absolute Gasteiger partial charge is 0.444 e. The van der Waals surface area contributed by atoms with Gasteiger partial charge in [-0.25, -0.2) is 9.78 Å². The molecule has 0 aliphatic carbocycles. The molecule has 1 unspecified atom stereocenters. The number of carbonyl (C=O) groups is 1. The molecule has 4 aromatic rings. The van der Waals surface area contributed by atoms with Gasteiger partial charge in [-0.15, -0.1) is 0 Å². The fraction of sp³-hybridized carbons (Fsp3) is 0.280. The Morgan fingerprint density at radius 3 is 2.58 bits per heavy atom. The van der Waals surface area contributed by atoms with E-state index in [1.165, 1.54) is 0 Å². The van der Waals surface area contributed by atoms with Crippen LogP contribution >= 0.6 is 0 Å². The molecule has 0 radical (unpaired) electrons. The van der Waals surface area contributed by atoms with Crippen molar-refractivity contribution in [2.24, 2.45) is 7.05 Å². The normalized spacial score (nSPS) is 12.6. The second kappa shape index (κ2) is 8.30. The summed E-state index contributed by atoms with van der Waals surface area (Å²) in [5.74, 6) is 0.773. The predicted molar refractivity (Wildman–Crippen MR) is 123 cm³/mol. The van der Waals surface area contributed by atoms with Gasteiger partial charge in [0, 0.05) is 42.3 Å². The molecule has 0 fully saturated rings. The Bertz CT molecular complexity index is 1190. The summed E-state index contributed by atoms with van der Waals surface area (Å²) in [6.07, 6.45) is 4.11. The van der Waals surface area contributed by atoms with Crippen LogP contribution in [-0.4, -0.2) is 26.2 Å². The topological polar surface area (TPSA) is 71.9 Å². The lowest BCUT2D eigenvalue weighted by Gasteiger charge is -2.23. The minimum Gasteiger partial charge on any atom is -0.444 e. The third kappa shape index (κ3) is 4.79. The average Bonchev–Trinajstić information content (AvgIpc) is 3.30. The van der Waals surface area contributed by atoms with E-state index in [1.54, 1.807) is 0 Å². The number of alkyl carbamates (subject to hydrolysis) is 1. The van der Waals surface area contributed by atoms with E-state index < -0.39 is 11.7 Å². The maximum atomic E-state index is 12.6. The van der Waals surface area contributed by atoms with Crippen LogP contribution in [0.3, 0.4) is 0 Å². The van der Waals surface area contributed by atoms with Crippen molar-refractivity contribution in [1.82, 2.24) is 19.9 Å². The summed E-state index contributed by atoms with van der Waals surface area (Å²) in [6.45, 7) is 5.57. The van der Waals surface area contributed by atoms with Crippen LogP contribution in [-0.2, 0) is 18.2 Å². The monoisotopic (exact) mass is 416 g/mol. The molecule has 2 aromatic heterocycles. The zero-order valence-electron chi connectivity index (χ0n) is 18.3. The van der Waals surface area contributed by atoms with Gasteiger partial charge in [-0.05, 0) is 32.4 Å². The summed E-state index contributed by atoms with van der Waals surface area (Å²) < 4.78 is 7.50. The van der Waals surface area contributed by atoms with Crippen LogP contribution in [0, 0.1) is 0 Å². The van der Waals surface area contributed by atoms with E-state index in [-0.39, 0.29) is 6.04 Å². The van der Waals surface area contributed by atoms with Crippen molar-refractivity contribution in [1.29, 1.82) is 0 Å². The van der Waals surface area contributed by atoms with Crippen molar-refractivity contribution in [2.75, 3.05) is 0 Å². The lowest BCUT2D eigenvalue weighted by atomic mass is 10.0. The highest BCUT2D eigenvalue weighted by Gasteiger charge is 2.25. The first-order valence-corrected chi connectivity index (χ1v) is 10.4. The van der Waals surface area contributed by atoms with Gasteiger partial charge in [-0.1, -0.05) is 48.5 Å². The number of hydrogen-bond donors (Lipinski definition) is 2. The number of hydrogen-bond acceptors (Lipinski definition) is 3. The molecule has 6 heteroatoms. The maximum absolute atomic E-state index is 12.6. The second-order valence-corrected chi connectivity index (χ2v) is 8.72. The number of aromatic nitrogens is 3. The second-order valence-electron chi connectivity index (χ2n) is 8.72. The van der Waals surface area contributed by atoms with Gasteiger partial charge in [-0.2, -0.15) is 0 Å². The predicted octanol–water partition coefficient (Wildman–Crippen LogP) is 5.38. The van der Waals surface area contributed by atoms with E-state index in [1.807, 2.05) is 93.3 Å². The molecule has 2 N–H and O–H groups in total. The first kappa shape index (κ1) is 20.7. The lowest BCUT2D eigenvalue weighted by Crippen LogP contribution is -2.36. The third-order valence-electron chi connectivity index (χ3n) is 5.08. The zero-order chi connectivity index (χ0) is 22.0. The molecule has 0 aliphatic heterocycles. The Hall–Kier alpha value is -3.54. The molecule has 0 saturated carbocycles. The summed E-state index contributed by atoms with van der Waals surface area (Å²) >= 11 is 0. The van der Waals surface area contributed by atoms with Gasteiger partial charge in [0.2, 0.25) is 0 Å². The minimum absolute atomic E-state index is 0.350. The molecular formula is C25H28N4O2. The number of H-pyrrole nitrogens is 1. The van der Waals surface area contributed by atoms with E-state index in [0.717, 1.165) is 33.5 Å². The van der Waals surface area contributed by atoms with Gasteiger partial charge in [0.15, 0.2) is 0 Å². The minimum atomic E-state index is -0.577. The Morgan fingerprint density at radius 1 is 1.13 bits per heavy atom. The molecule has 0 saturated heterocycles. The number of fused-ring (bicyclic) bond motifs is 1. The number of nitrogens with one attached hydrogen (secondary N) is 2. The molecule has 160 valence electrons. The van der Waals surface area contributed by atoms with Crippen LogP contribution < -0.4 is 5.32 Å². The SMILES string of the molecule is Cn1cc(-c2ccccc2)nc1C(Cc1c[nH]c2ccccc12)NC(=O)OC(C)(C)C. The number of imidazole rings is 1. The number of aromatic amines is 1. The number of amides is 1. The molecule has 2 aromatic carbocycles. The first-order chi connectivity index (χ1) is 14.8. The summed E-state index contributed by atoms with van der Waals surface area (Å²) in [5, 5.41) is 4.18. The number of aryl methyl sites for hydroxylation is 1. The van der Waals surface area contributed by atoms with Gasteiger partial charge < -0.3 is 19.6 Å². The Balaban J connectivity index is 1.68. The van der Waals surface area contributed by atoms with Gasteiger partial charge in [0.25, 0.3) is 0 Å². The van der Waals surface area contributed by atoms with Crippen LogP contribution in [0.2, 0.25) is 0 Å². The van der Waals surface area contributed by atoms with Crippen molar-refractivity contribution >= 4 is 17.0 Å². The standard InChI is InChI=1S/C25H28N4O2/c1-25(2,3)31-24(30)28-21(14-18-15-26-20-13-9-8-12-19(18)20)23-27-22(16-29(23)4)17-10-6-5-7-11-17/h5-13,15-16,21,26H,14H2,1-4H3,(H,28,30). The highest BCUT2D eigenvalue weighted by atomic mass is 16.6. The fourth-order valence-corrected chi connectivity index (χ4v) is 3.73. The Labute approximate surface area is 182 Å². The highest BCUT2D eigenvalue weighted by molar-refractivity contribution is 5.83. The Kier molecular flexibility index (Phi) is 5.55. The molecule has 0 spiro atoms. The molecule has 2 heterocycles. The highest BCUT2D eigenvalue weighted by Crippen LogP contribution is 2.27. The first-order valence-electron chi connectivity index (χ1n) is 10.4. The van der Waals surface area contributed by atoms with E-state index in [4.69, 9.17) is 9.72 Å². The van der Waals surface area contributed by atoms with Crippen LogP contribution in [0.1, 0.15) is 38.2 Å². The molecule has 1 amide bonds. The number of ether oxygens (including phenoxy) is 1. The quantitative estimate of drug-likeness (QED) is 0.459. The van der Waals surface area contributed by atoms with Crippen molar-refractivity contribution < 1.29 is 9.53 Å². The zero-order valence-corrected chi connectivity index (χ0v) is 18.3. The fourth-order valence-electron chi connectivity index (χ4n) is 3.73. The van der Waals surface area contributed by atoms with Gasteiger partial charge in [0.1, 0.15) is 11.4 Å². The number of benzene rings is 2. The van der Waals surface area contributed by atoms with E-state index in [0.29, 0.717) is 6.42 Å². The molecule has 4 rings (SSSR count). The molecular weight excluding hydrogens is 388 g/mol. The summed E-state index contributed by atoms with van der Waals surface area (Å²) in [6, 6.07) is 17.8. The number of nitrogens with zero attached hydrogens (tertiary/aromatic N) is 2. The number of para-hydroxylation sites is 1. The summed E-state index contributed by atoms with van der Waals surface area (Å²) in [7, 11) is 1.95. The summed E-state index contributed by atoms with van der Waals surface area (Å²) in [4.78, 5) is 20.8. The van der Waals surface area contributed by atoms with E-state index in [2.05, 4.69) is 16.4 Å². The maximum Gasteiger partial charge on any atom is 0.408 e. The van der Waals surface area contributed by atoms with E-state index in [9.17, 15) is 4.79 Å². The van der Waals surface area contributed by atoms with Crippen LogP contribution in [0.4, 0.5) is 4.79 Å². The average molecular weight is 417 g/mol. The van der Waals surface area contributed by atoms with Gasteiger partial charge in [-0.3, -0.25) is 0 Å². The number of carbonyl (C=O) groups excluding carboxylic acids is 1. The van der Waals surface area contributed by atoms with Crippen molar-refractivity contribution in [3.8, 4) is 11.3 Å². The van der Waals surface area contributed by atoms with Gasteiger partial charge in [0.05, 0.1) is 11.7 Å². The van der Waals surface area contributed by atoms with Crippen LogP contribution in [0.25, 0.3) is 22.2 Å². The lowest BCUT2D eigenvalue weighted by molar-refractivity contribution is 0.0500. The molecule has 0 bridgehead atoms. The molecule has 0 aliphatic rings. The third-order valence-corrected chi connectivity index (χ3v) is 5.08. The molecule has 1 atom stereocenters. The van der Waals surface area contributed by atoms with E-state index >= 15 is 0 Å². The summed E-state index contributed by atoms with van der Waals surface area (Å²) in [5.41, 5.74) is 3.51. The van der Waals surface area contributed by atoms with Crippen molar-refractivity contribution in [3.63, 3.8) is 0 Å². The van der Waals surface area contributed by atoms with Crippen LogP contribution in [0.15, 0.2) is 67.0 Å².